The van der Waals surface area contributed by atoms with Crippen LogP contribution in [0.3, 0.4) is 0 Å². The molecule has 1 heterocycles. The van der Waals surface area contributed by atoms with E-state index >= 15 is 0 Å². The zero-order chi connectivity index (χ0) is 12.5. The van der Waals surface area contributed by atoms with Crippen molar-refractivity contribution in [1.29, 1.82) is 0 Å². The molecule has 0 atom stereocenters. The topological polar surface area (TPSA) is 30.2 Å². The van der Waals surface area contributed by atoms with Gasteiger partial charge in [0.15, 0.2) is 0 Å². The molecule has 1 aromatic heterocycles. The van der Waals surface area contributed by atoms with Crippen molar-refractivity contribution >= 4 is 17.3 Å². The van der Waals surface area contributed by atoms with Gasteiger partial charge in [0.1, 0.15) is 23.4 Å². The molecule has 0 aliphatic rings. The summed E-state index contributed by atoms with van der Waals surface area (Å²) >= 11 is 0. The summed E-state index contributed by atoms with van der Waals surface area (Å²) in [6.45, 7) is 0. The van der Waals surface area contributed by atoms with Gasteiger partial charge in [-0.25, -0.2) is 4.39 Å². The van der Waals surface area contributed by atoms with Gasteiger partial charge in [-0.1, -0.05) is 12.1 Å². The van der Waals surface area contributed by atoms with Crippen molar-refractivity contribution in [2.45, 2.75) is 0 Å². The zero-order valence-electron chi connectivity index (χ0n) is 9.39. The Labute approximate surface area is 103 Å². The predicted octanol–water partition coefficient (Wildman–Crippen LogP) is 4.05. The second-order valence-electron chi connectivity index (χ2n) is 4.01. The van der Waals surface area contributed by atoms with Crippen molar-refractivity contribution in [3.63, 3.8) is 0 Å². The maximum absolute atomic E-state index is 13.6. The third-order valence-electron chi connectivity index (χ3n) is 2.82. The molecular formula is C15H9FO2. The van der Waals surface area contributed by atoms with Crippen LogP contribution in [-0.2, 0) is 0 Å². The van der Waals surface area contributed by atoms with Gasteiger partial charge in [0.05, 0.1) is 5.56 Å². The summed E-state index contributed by atoms with van der Waals surface area (Å²) in [4.78, 5) is 10.7. The van der Waals surface area contributed by atoms with Crippen LogP contribution in [0.1, 0.15) is 10.4 Å². The minimum absolute atomic E-state index is 0.327. The fourth-order valence-corrected chi connectivity index (χ4v) is 1.93. The van der Waals surface area contributed by atoms with Gasteiger partial charge in [0.25, 0.3) is 0 Å². The van der Waals surface area contributed by atoms with Crippen molar-refractivity contribution < 1.29 is 13.6 Å². The molecule has 0 saturated carbocycles. The molecule has 3 heteroatoms. The minimum atomic E-state index is -0.327. The van der Waals surface area contributed by atoms with E-state index in [-0.39, 0.29) is 5.82 Å². The molecule has 0 amide bonds. The van der Waals surface area contributed by atoms with Crippen LogP contribution in [0, 0.1) is 5.82 Å². The predicted molar refractivity (Wildman–Crippen MR) is 67.0 cm³/mol. The van der Waals surface area contributed by atoms with E-state index in [2.05, 4.69) is 0 Å². The average molecular weight is 240 g/mol. The molecule has 0 aliphatic heterocycles. The van der Waals surface area contributed by atoms with Crippen molar-refractivity contribution in [3.05, 3.63) is 59.9 Å². The molecule has 0 radical (unpaired) electrons. The lowest BCUT2D eigenvalue weighted by Gasteiger charge is -1.96. The van der Waals surface area contributed by atoms with E-state index < -0.39 is 0 Å². The van der Waals surface area contributed by atoms with Gasteiger partial charge in [0, 0.05) is 10.9 Å². The van der Waals surface area contributed by atoms with Crippen molar-refractivity contribution in [1.82, 2.24) is 0 Å². The minimum Gasteiger partial charge on any atom is -0.456 e. The number of benzene rings is 2. The third kappa shape index (κ3) is 1.70. The average Bonchev–Trinajstić information content (AvgIpc) is 2.81. The SMILES string of the molecule is O=Cc1ccc2oc(-c3ccccc3F)cc2c1. The van der Waals surface area contributed by atoms with Crippen molar-refractivity contribution in [2.75, 3.05) is 0 Å². The Kier molecular flexibility index (Phi) is 2.45. The van der Waals surface area contributed by atoms with E-state index in [0.717, 1.165) is 11.7 Å². The summed E-state index contributed by atoms with van der Waals surface area (Å²) in [5, 5.41) is 0.790. The summed E-state index contributed by atoms with van der Waals surface area (Å²) in [6, 6.07) is 13.3. The largest absolute Gasteiger partial charge is 0.456 e. The molecule has 0 spiro atoms. The Morgan fingerprint density at radius 2 is 1.89 bits per heavy atom. The number of hydrogen-bond donors (Lipinski definition) is 0. The number of hydrogen-bond acceptors (Lipinski definition) is 2. The first-order chi connectivity index (χ1) is 8.78. The van der Waals surface area contributed by atoms with Gasteiger partial charge < -0.3 is 4.42 Å². The first-order valence-corrected chi connectivity index (χ1v) is 5.51. The number of furan rings is 1. The van der Waals surface area contributed by atoms with Gasteiger partial charge in [-0.2, -0.15) is 0 Å². The van der Waals surface area contributed by atoms with Crippen LogP contribution in [0.4, 0.5) is 4.39 Å². The number of carbonyl (C=O) groups excluding carboxylic acids is 1. The van der Waals surface area contributed by atoms with Crippen LogP contribution in [0.5, 0.6) is 0 Å². The molecule has 18 heavy (non-hydrogen) atoms. The van der Waals surface area contributed by atoms with Crippen LogP contribution in [0.2, 0.25) is 0 Å². The number of aldehydes is 1. The molecule has 0 N–H and O–H groups in total. The van der Waals surface area contributed by atoms with Gasteiger partial charge >= 0.3 is 0 Å². The van der Waals surface area contributed by atoms with Gasteiger partial charge in [-0.15, -0.1) is 0 Å². The Hall–Kier alpha value is -2.42. The Morgan fingerprint density at radius 1 is 1.06 bits per heavy atom. The summed E-state index contributed by atoms with van der Waals surface area (Å²) in [6.07, 6.45) is 0.773. The summed E-state index contributed by atoms with van der Waals surface area (Å²) in [5.41, 5.74) is 1.63. The van der Waals surface area contributed by atoms with Crippen LogP contribution >= 0.6 is 0 Å². The van der Waals surface area contributed by atoms with Crippen molar-refractivity contribution in [3.8, 4) is 11.3 Å². The van der Waals surface area contributed by atoms with E-state index in [9.17, 15) is 9.18 Å². The van der Waals surface area contributed by atoms with Gasteiger partial charge in [0.2, 0.25) is 0 Å². The highest BCUT2D eigenvalue weighted by molar-refractivity contribution is 5.88. The van der Waals surface area contributed by atoms with Gasteiger partial charge in [-0.3, -0.25) is 4.79 Å². The van der Waals surface area contributed by atoms with Crippen molar-refractivity contribution in [2.24, 2.45) is 0 Å². The van der Waals surface area contributed by atoms with E-state index in [1.54, 1.807) is 42.5 Å². The molecular weight excluding hydrogens is 231 g/mol. The molecule has 0 saturated heterocycles. The first-order valence-electron chi connectivity index (χ1n) is 5.51. The molecule has 88 valence electrons. The summed E-state index contributed by atoms with van der Waals surface area (Å²) < 4.78 is 19.2. The summed E-state index contributed by atoms with van der Waals surface area (Å²) in [7, 11) is 0. The van der Waals surface area contributed by atoms with Gasteiger partial charge in [-0.05, 0) is 36.4 Å². The lowest BCUT2D eigenvalue weighted by Crippen LogP contribution is -1.79. The van der Waals surface area contributed by atoms with Crippen LogP contribution in [0.25, 0.3) is 22.3 Å². The number of rotatable bonds is 2. The first kappa shape index (κ1) is 10.7. The molecule has 0 unspecified atom stereocenters. The molecule has 3 rings (SSSR count). The lowest BCUT2D eigenvalue weighted by atomic mass is 10.1. The van der Waals surface area contributed by atoms with E-state index in [4.69, 9.17) is 4.42 Å². The molecule has 0 aliphatic carbocycles. The molecule has 3 aromatic rings. The molecule has 0 bridgehead atoms. The second kappa shape index (κ2) is 4.11. The lowest BCUT2D eigenvalue weighted by molar-refractivity contribution is 0.112. The zero-order valence-corrected chi connectivity index (χ0v) is 9.39. The quantitative estimate of drug-likeness (QED) is 0.632. The van der Waals surface area contributed by atoms with Crippen LogP contribution in [-0.4, -0.2) is 6.29 Å². The number of halogens is 1. The maximum Gasteiger partial charge on any atom is 0.150 e. The highest BCUT2D eigenvalue weighted by Crippen LogP contribution is 2.29. The standard InChI is InChI=1S/C15H9FO2/c16-13-4-2-1-3-12(13)15-8-11-7-10(9-17)5-6-14(11)18-15/h1-9H. The van der Waals surface area contributed by atoms with E-state index in [1.165, 1.54) is 6.07 Å². The monoisotopic (exact) mass is 240 g/mol. The Balaban J connectivity index is 2.19. The van der Waals surface area contributed by atoms with Crippen LogP contribution < -0.4 is 0 Å². The highest BCUT2D eigenvalue weighted by Gasteiger charge is 2.10. The molecule has 0 fully saturated rings. The van der Waals surface area contributed by atoms with E-state index in [0.29, 0.717) is 22.5 Å². The maximum atomic E-state index is 13.6. The van der Waals surface area contributed by atoms with E-state index in [1.807, 2.05) is 0 Å². The summed E-state index contributed by atoms with van der Waals surface area (Å²) in [5.74, 6) is 0.137. The fraction of sp³-hybridized carbons (Fsp3) is 0. The Bertz CT molecular complexity index is 728. The molecule has 2 nitrogen and oxygen atoms in total. The number of fused-ring (bicyclic) bond motifs is 1. The fourth-order valence-electron chi connectivity index (χ4n) is 1.93. The Morgan fingerprint density at radius 3 is 2.67 bits per heavy atom. The number of carbonyl (C=O) groups is 1. The second-order valence-corrected chi connectivity index (χ2v) is 4.01. The normalized spacial score (nSPS) is 10.7. The highest BCUT2D eigenvalue weighted by atomic mass is 19.1. The van der Waals surface area contributed by atoms with Crippen LogP contribution in [0.15, 0.2) is 52.9 Å². The smallest absolute Gasteiger partial charge is 0.150 e. The molecule has 2 aromatic carbocycles. The third-order valence-corrected chi connectivity index (χ3v) is 2.82.